The molecule has 2 heterocycles. The van der Waals surface area contributed by atoms with Gasteiger partial charge in [0.25, 0.3) is 0 Å². The standard InChI is InChI=1S/C12H21N3O4S/c1-2-14(10-3-6-20(18,19)9-10)8-12(17)15-5-4-13-11(16)7-15/h10H,2-9H2,1H3,(H,13,16). The van der Waals surface area contributed by atoms with Crippen molar-refractivity contribution < 1.29 is 18.0 Å². The highest BCUT2D eigenvalue weighted by Crippen LogP contribution is 2.17. The Labute approximate surface area is 119 Å². The Hall–Kier alpha value is -1.15. The van der Waals surface area contributed by atoms with E-state index >= 15 is 0 Å². The van der Waals surface area contributed by atoms with Gasteiger partial charge in [-0.1, -0.05) is 6.92 Å². The van der Waals surface area contributed by atoms with Gasteiger partial charge in [0.1, 0.15) is 0 Å². The average molecular weight is 303 g/mol. The number of rotatable bonds is 4. The van der Waals surface area contributed by atoms with Crippen LogP contribution >= 0.6 is 0 Å². The Balaban J connectivity index is 1.93. The Morgan fingerprint density at radius 2 is 2.25 bits per heavy atom. The molecule has 2 aliphatic heterocycles. The average Bonchev–Trinajstić information content (AvgIpc) is 2.76. The highest BCUT2D eigenvalue weighted by Gasteiger charge is 2.33. The maximum absolute atomic E-state index is 12.2. The number of nitrogens with one attached hydrogen (secondary N) is 1. The van der Waals surface area contributed by atoms with Gasteiger partial charge in [0.05, 0.1) is 24.6 Å². The van der Waals surface area contributed by atoms with Gasteiger partial charge in [-0.15, -0.1) is 0 Å². The molecular formula is C12H21N3O4S. The number of hydrogen-bond acceptors (Lipinski definition) is 5. The third-order valence-corrected chi connectivity index (χ3v) is 5.61. The van der Waals surface area contributed by atoms with Crippen molar-refractivity contribution in [2.45, 2.75) is 19.4 Å². The van der Waals surface area contributed by atoms with Crippen LogP contribution in [0.2, 0.25) is 0 Å². The fourth-order valence-electron chi connectivity index (χ4n) is 2.69. The highest BCUT2D eigenvalue weighted by molar-refractivity contribution is 7.91. The molecule has 20 heavy (non-hydrogen) atoms. The second kappa shape index (κ2) is 6.09. The summed E-state index contributed by atoms with van der Waals surface area (Å²) in [5, 5.41) is 2.67. The zero-order valence-electron chi connectivity index (χ0n) is 11.7. The molecule has 0 aromatic carbocycles. The number of carbonyl (C=O) groups is 2. The van der Waals surface area contributed by atoms with E-state index in [0.29, 0.717) is 26.1 Å². The zero-order chi connectivity index (χ0) is 14.8. The van der Waals surface area contributed by atoms with E-state index in [1.165, 1.54) is 4.90 Å². The van der Waals surface area contributed by atoms with E-state index in [-0.39, 0.29) is 42.5 Å². The molecule has 2 aliphatic rings. The minimum atomic E-state index is -2.95. The molecule has 0 saturated carbocycles. The van der Waals surface area contributed by atoms with Crippen LogP contribution in [0.1, 0.15) is 13.3 Å². The van der Waals surface area contributed by atoms with Gasteiger partial charge in [0.15, 0.2) is 9.84 Å². The second-order valence-corrected chi connectivity index (χ2v) is 7.51. The molecule has 2 amide bonds. The number of piperazine rings is 1. The smallest absolute Gasteiger partial charge is 0.239 e. The first-order chi connectivity index (χ1) is 9.41. The summed E-state index contributed by atoms with van der Waals surface area (Å²) in [6.45, 7) is 3.83. The molecule has 1 N–H and O–H groups in total. The normalized spacial score (nSPS) is 25.8. The first-order valence-corrected chi connectivity index (χ1v) is 8.72. The molecule has 2 rings (SSSR count). The Morgan fingerprint density at radius 3 is 2.80 bits per heavy atom. The van der Waals surface area contributed by atoms with E-state index in [0.717, 1.165) is 0 Å². The number of sulfone groups is 1. The van der Waals surface area contributed by atoms with Crippen LogP contribution in [0.15, 0.2) is 0 Å². The Kier molecular flexibility index (Phi) is 4.64. The second-order valence-electron chi connectivity index (χ2n) is 5.29. The fourth-order valence-corrected chi connectivity index (χ4v) is 4.45. The van der Waals surface area contributed by atoms with Crippen molar-refractivity contribution in [3.63, 3.8) is 0 Å². The van der Waals surface area contributed by atoms with E-state index in [1.807, 2.05) is 11.8 Å². The van der Waals surface area contributed by atoms with Crippen LogP contribution in [-0.4, -0.2) is 80.3 Å². The van der Waals surface area contributed by atoms with Gasteiger partial charge in [-0.25, -0.2) is 8.42 Å². The summed E-state index contributed by atoms with van der Waals surface area (Å²) in [5.41, 5.74) is 0. The zero-order valence-corrected chi connectivity index (χ0v) is 12.5. The monoisotopic (exact) mass is 303 g/mol. The summed E-state index contributed by atoms with van der Waals surface area (Å²) < 4.78 is 23.0. The lowest BCUT2D eigenvalue weighted by Crippen LogP contribution is -2.53. The summed E-state index contributed by atoms with van der Waals surface area (Å²) in [5.74, 6) is 0.0883. The minimum Gasteiger partial charge on any atom is -0.353 e. The minimum absolute atomic E-state index is 0.0763. The third kappa shape index (κ3) is 3.69. The van der Waals surface area contributed by atoms with Crippen molar-refractivity contribution in [1.29, 1.82) is 0 Å². The Morgan fingerprint density at radius 1 is 1.50 bits per heavy atom. The molecule has 114 valence electrons. The van der Waals surface area contributed by atoms with Gasteiger partial charge >= 0.3 is 0 Å². The van der Waals surface area contributed by atoms with E-state index in [2.05, 4.69) is 5.32 Å². The molecule has 0 bridgehead atoms. The van der Waals surface area contributed by atoms with Crippen LogP contribution < -0.4 is 5.32 Å². The van der Waals surface area contributed by atoms with Crippen molar-refractivity contribution in [2.75, 3.05) is 44.2 Å². The van der Waals surface area contributed by atoms with Crippen LogP contribution in [0.3, 0.4) is 0 Å². The molecule has 0 spiro atoms. The highest BCUT2D eigenvalue weighted by atomic mass is 32.2. The fraction of sp³-hybridized carbons (Fsp3) is 0.833. The van der Waals surface area contributed by atoms with Gasteiger partial charge in [-0.05, 0) is 13.0 Å². The lowest BCUT2D eigenvalue weighted by molar-refractivity contribution is -0.139. The predicted octanol–water partition coefficient (Wildman–Crippen LogP) is -1.55. The molecule has 0 aromatic heterocycles. The van der Waals surface area contributed by atoms with Crippen molar-refractivity contribution in [3.05, 3.63) is 0 Å². The number of hydrogen-bond donors (Lipinski definition) is 1. The molecule has 0 radical (unpaired) electrons. The van der Waals surface area contributed by atoms with Crippen LogP contribution in [0, 0.1) is 0 Å². The van der Waals surface area contributed by atoms with Crippen LogP contribution in [0.25, 0.3) is 0 Å². The molecular weight excluding hydrogens is 282 g/mol. The largest absolute Gasteiger partial charge is 0.353 e. The molecule has 0 aliphatic carbocycles. The van der Waals surface area contributed by atoms with Crippen molar-refractivity contribution in [3.8, 4) is 0 Å². The summed E-state index contributed by atoms with van der Waals surface area (Å²) in [6, 6.07) is -0.0763. The van der Waals surface area contributed by atoms with Crippen molar-refractivity contribution in [1.82, 2.24) is 15.1 Å². The van der Waals surface area contributed by atoms with E-state index < -0.39 is 9.84 Å². The molecule has 1 atom stereocenters. The lowest BCUT2D eigenvalue weighted by atomic mass is 10.2. The van der Waals surface area contributed by atoms with Gasteiger partial charge in [0.2, 0.25) is 11.8 Å². The molecule has 1 unspecified atom stereocenters. The first kappa shape index (κ1) is 15.2. The summed E-state index contributed by atoms with van der Waals surface area (Å²) in [7, 11) is -2.95. The van der Waals surface area contributed by atoms with Gasteiger partial charge < -0.3 is 10.2 Å². The summed E-state index contributed by atoms with van der Waals surface area (Å²) in [4.78, 5) is 26.9. The molecule has 2 saturated heterocycles. The molecule has 2 fully saturated rings. The quantitative estimate of drug-likeness (QED) is 0.680. The topological polar surface area (TPSA) is 86.8 Å². The van der Waals surface area contributed by atoms with E-state index in [4.69, 9.17) is 0 Å². The number of amides is 2. The van der Waals surface area contributed by atoms with E-state index in [1.54, 1.807) is 0 Å². The molecule has 0 aromatic rings. The SMILES string of the molecule is CCN(CC(=O)N1CCNC(=O)C1)C1CCS(=O)(=O)C1. The van der Waals surface area contributed by atoms with Crippen LogP contribution in [0.5, 0.6) is 0 Å². The number of likely N-dealkylation sites (N-methyl/N-ethyl adjacent to an activating group) is 1. The first-order valence-electron chi connectivity index (χ1n) is 6.90. The van der Waals surface area contributed by atoms with Gasteiger partial charge in [-0.2, -0.15) is 0 Å². The number of nitrogens with zero attached hydrogens (tertiary/aromatic N) is 2. The maximum Gasteiger partial charge on any atom is 0.239 e. The number of carbonyl (C=O) groups excluding carboxylic acids is 2. The summed E-state index contributed by atoms with van der Waals surface area (Å²) >= 11 is 0. The van der Waals surface area contributed by atoms with Gasteiger partial charge in [-0.3, -0.25) is 14.5 Å². The maximum atomic E-state index is 12.2. The molecule has 8 heteroatoms. The van der Waals surface area contributed by atoms with Crippen molar-refractivity contribution in [2.24, 2.45) is 0 Å². The Bertz CT molecular complexity index is 491. The van der Waals surface area contributed by atoms with Crippen LogP contribution in [0.4, 0.5) is 0 Å². The van der Waals surface area contributed by atoms with Gasteiger partial charge in [0, 0.05) is 19.1 Å². The van der Waals surface area contributed by atoms with Crippen LogP contribution in [-0.2, 0) is 19.4 Å². The van der Waals surface area contributed by atoms with E-state index in [9.17, 15) is 18.0 Å². The third-order valence-electron chi connectivity index (χ3n) is 3.86. The van der Waals surface area contributed by atoms with Crippen molar-refractivity contribution >= 4 is 21.7 Å². The molecule has 7 nitrogen and oxygen atoms in total. The predicted molar refractivity (Wildman–Crippen MR) is 73.9 cm³/mol. The summed E-state index contributed by atoms with van der Waals surface area (Å²) in [6.07, 6.45) is 0.587. The lowest BCUT2D eigenvalue weighted by Gasteiger charge is -2.31.